The Labute approximate surface area is 148 Å². The first-order valence-corrected chi connectivity index (χ1v) is 8.60. The number of carbonyl (C=O) groups excluding carboxylic acids is 1. The van der Waals surface area contributed by atoms with Crippen LogP contribution in [0.25, 0.3) is 11.3 Å². The fourth-order valence-corrected chi connectivity index (χ4v) is 2.65. The van der Waals surface area contributed by atoms with Gasteiger partial charge in [-0.05, 0) is 49.5 Å². The van der Waals surface area contributed by atoms with Crippen LogP contribution in [0, 0.1) is 11.2 Å². The molecule has 5 heteroatoms. The summed E-state index contributed by atoms with van der Waals surface area (Å²) in [5.41, 5.74) is 0.566. The molecule has 0 N–H and O–H groups in total. The Morgan fingerprint density at radius 1 is 1.12 bits per heavy atom. The topological polar surface area (TPSA) is 42.7 Å². The van der Waals surface area contributed by atoms with Gasteiger partial charge in [-0.3, -0.25) is 0 Å². The van der Waals surface area contributed by atoms with Crippen LogP contribution in [0.3, 0.4) is 0 Å². The number of rotatable bonds is 8. The third kappa shape index (κ3) is 5.43. The van der Waals surface area contributed by atoms with Crippen LogP contribution in [0.1, 0.15) is 38.2 Å². The molecule has 2 rings (SSSR count). The van der Waals surface area contributed by atoms with E-state index in [9.17, 15) is 9.18 Å². The Balaban J connectivity index is 1.96. The van der Waals surface area contributed by atoms with E-state index in [4.69, 9.17) is 9.15 Å². The van der Waals surface area contributed by atoms with Gasteiger partial charge in [0.15, 0.2) is 0 Å². The molecular weight excluding hydrogens is 321 g/mol. The minimum absolute atomic E-state index is 0.145. The predicted molar refractivity (Wildman–Crippen MR) is 96.0 cm³/mol. The molecule has 2 aromatic rings. The molecule has 0 bridgehead atoms. The lowest BCUT2D eigenvalue weighted by molar-refractivity contribution is 0.0243. The summed E-state index contributed by atoms with van der Waals surface area (Å²) in [7, 11) is 0. The first-order chi connectivity index (χ1) is 11.8. The monoisotopic (exact) mass is 347 g/mol. The van der Waals surface area contributed by atoms with Crippen LogP contribution in [0.2, 0.25) is 0 Å². The molecule has 136 valence electrons. The van der Waals surface area contributed by atoms with Crippen molar-refractivity contribution in [3.63, 3.8) is 0 Å². The quantitative estimate of drug-likeness (QED) is 0.654. The molecule has 0 amide bonds. The van der Waals surface area contributed by atoms with Crippen molar-refractivity contribution in [1.82, 2.24) is 4.90 Å². The lowest BCUT2D eigenvalue weighted by atomic mass is 9.94. The molecule has 25 heavy (non-hydrogen) atoms. The Kier molecular flexibility index (Phi) is 6.37. The minimum Gasteiger partial charge on any atom is -0.459 e. The fourth-order valence-electron chi connectivity index (χ4n) is 2.65. The van der Waals surface area contributed by atoms with E-state index in [1.807, 2.05) is 0 Å². The summed E-state index contributed by atoms with van der Waals surface area (Å²) in [6.07, 6.45) is 0. The second-order valence-electron chi connectivity index (χ2n) is 6.87. The van der Waals surface area contributed by atoms with E-state index < -0.39 is 5.97 Å². The molecule has 4 nitrogen and oxygen atoms in total. The van der Waals surface area contributed by atoms with Crippen LogP contribution in [0.5, 0.6) is 0 Å². The molecule has 0 fully saturated rings. The average molecular weight is 347 g/mol. The van der Waals surface area contributed by atoms with Crippen LogP contribution in [-0.2, 0) is 4.74 Å². The highest BCUT2D eigenvalue weighted by molar-refractivity contribution is 5.87. The van der Waals surface area contributed by atoms with Gasteiger partial charge in [-0.1, -0.05) is 27.7 Å². The van der Waals surface area contributed by atoms with Gasteiger partial charge in [0, 0.05) is 17.5 Å². The summed E-state index contributed by atoms with van der Waals surface area (Å²) < 4.78 is 24.0. The van der Waals surface area contributed by atoms with Crippen molar-refractivity contribution in [3.05, 3.63) is 48.0 Å². The van der Waals surface area contributed by atoms with Gasteiger partial charge in [-0.15, -0.1) is 0 Å². The van der Waals surface area contributed by atoms with Gasteiger partial charge in [0.25, 0.3) is 0 Å². The van der Waals surface area contributed by atoms with Crippen LogP contribution in [-0.4, -0.2) is 37.1 Å². The van der Waals surface area contributed by atoms with Crippen molar-refractivity contribution in [2.45, 2.75) is 27.7 Å². The van der Waals surface area contributed by atoms with Crippen molar-refractivity contribution in [2.24, 2.45) is 5.41 Å². The Morgan fingerprint density at radius 2 is 1.76 bits per heavy atom. The summed E-state index contributed by atoms with van der Waals surface area (Å²) in [6, 6.07) is 9.19. The van der Waals surface area contributed by atoms with Gasteiger partial charge in [-0.25, -0.2) is 9.18 Å². The number of furan rings is 1. The number of benzene rings is 1. The molecular formula is C20H26FNO3. The van der Waals surface area contributed by atoms with Gasteiger partial charge >= 0.3 is 5.97 Å². The molecule has 0 aliphatic rings. The van der Waals surface area contributed by atoms with E-state index in [1.165, 1.54) is 12.1 Å². The van der Waals surface area contributed by atoms with Crippen molar-refractivity contribution in [2.75, 3.05) is 26.2 Å². The van der Waals surface area contributed by atoms with Crippen LogP contribution in [0.4, 0.5) is 4.39 Å². The summed E-state index contributed by atoms with van der Waals surface area (Å²) in [5.74, 6) is -0.140. The third-order valence-electron chi connectivity index (χ3n) is 4.08. The van der Waals surface area contributed by atoms with E-state index in [2.05, 4.69) is 32.6 Å². The molecule has 0 unspecified atom stereocenters. The molecule has 0 saturated carbocycles. The smallest absolute Gasteiger partial charge is 0.374 e. The molecule has 1 aromatic carbocycles. The summed E-state index contributed by atoms with van der Waals surface area (Å²) in [6.45, 7) is 11.5. The number of hydrogen-bond donors (Lipinski definition) is 0. The summed E-state index contributed by atoms with van der Waals surface area (Å²) in [5, 5.41) is 0. The van der Waals surface area contributed by atoms with Crippen molar-refractivity contribution < 1.29 is 18.3 Å². The third-order valence-corrected chi connectivity index (χ3v) is 4.08. The molecule has 1 aromatic heterocycles. The Hall–Kier alpha value is -2.14. The van der Waals surface area contributed by atoms with E-state index in [0.717, 1.165) is 19.6 Å². The number of hydrogen-bond acceptors (Lipinski definition) is 4. The van der Waals surface area contributed by atoms with Gasteiger partial charge in [0.2, 0.25) is 5.76 Å². The predicted octanol–water partition coefficient (Wildman–Crippen LogP) is 4.61. The van der Waals surface area contributed by atoms with Crippen molar-refractivity contribution in [3.8, 4) is 11.3 Å². The van der Waals surface area contributed by atoms with Crippen LogP contribution >= 0.6 is 0 Å². The van der Waals surface area contributed by atoms with Crippen molar-refractivity contribution >= 4 is 5.97 Å². The molecule has 0 aliphatic carbocycles. The lowest BCUT2D eigenvalue weighted by Crippen LogP contribution is -2.37. The first-order valence-electron chi connectivity index (χ1n) is 8.60. The van der Waals surface area contributed by atoms with E-state index >= 15 is 0 Å². The molecule has 0 atom stereocenters. The fraction of sp³-hybridized carbons (Fsp3) is 0.450. The van der Waals surface area contributed by atoms with E-state index in [-0.39, 0.29) is 17.0 Å². The molecule has 0 radical (unpaired) electrons. The SMILES string of the molecule is CCN(CC)CC(C)(C)COC(=O)c1ccc(-c2ccc(F)cc2)o1. The molecule has 0 aliphatic heterocycles. The normalized spacial score (nSPS) is 11.8. The highest BCUT2D eigenvalue weighted by atomic mass is 19.1. The standard InChI is InChI=1S/C20H26FNO3/c1-5-22(6-2)13-20(3,4)14-24-19(23)18-12-11-17(25-18)15-7-9-16(21)10-8-15/h7-12H,5-6,13-14H2,1-4H3. The van der Waals surface area contributed by atoms with Crippen LogP contribution in [0.15, 0.2) is 40.8 Å². The van der Waals surface area contributed by atoms with Gasteiger partial charge in [0.05, 0.1) is 6.61 Å². The Morgan fingerprint density at radius 3 is 2.36 bits per heavy atom. The largest absolute Gasteiger partial charge is 0.459 e. The highest BCUT2D eigenvalue weighted by Crippen LogP contribution is 2.24. The van der Waals surface area contributed by atoms with Crippen LogP contribution < -0.4 is 0 Å². The summed E-state index contributed by atoms with van der Waals surface area (Å²) in [4.78, 5) is 14.5. The Bertz CT molecular complexity index is 687. The van der Waals surface area contributed by atoms with Gasteiger partial charge in [0.1, 0.15) is 11.6 Å². The first kappa shape index (κ1) is 19.2. The zero-order chi connectivity index (χ0) is 18.4. The molecule has 0 saturated heterocycles. The molecule has 1 heterocycles. The number of ether oxygens (including phenoxy) is 1. The number of carbonyl (C=O) groups is 1. The zero-order valence-electron chi connectivity index (χ0n) is 15.3. The second kappa shape index (κ2) is 8.30. The maximum atomic E-state index is 13.0. The number of esters is 1. The average Bonchev–Trinajstić information content (AvgIpc) is 3.08. The highest BCUT2D eigenvalue weighted by Gasteiger charge is 2.24. The minimum atomic E-state index is -0.485. The maximum Gasteiger partial charge on any atom is 0.374 e. The van der Waals surface area contributed by atoms with Gasteiger partial charge in [-0.2, -0.15) is 0 Å². The van der Waals surface area contributed by atoms with E-state index in [1.54, 1.807) is 24.3 Å². The number of nitrogens with zero attached hydrogens (tertiary/aromatic N) is 1. The number of halogens is 1. The maximum absolute atomic E-state index is 13.0. The summed E-state index contributed by atoms with van der Waals surface area (Å²) >= 11 is 0. The zero-order valence-corrected chi connectivity index (χ0v) is 15.3. The molecule has 0 spiro atoms. The van der Waals surface area contributed by atoms with Crippen molar-refractivity contribution in [1.29, 1.82) is 0 Å². The lowest BCUT2D eigenvalue weighted by Gasteiger charge is -2.30. The second-order valence-corrected chi connectivity index (χ2v) is 6.87. The van der Waals surface area contributed by atoms with Gasteiger partial charge < -0.3 is 14.1 Å². The van der Waals surface area contributed by atoms with E-state index in [0.29, 0.717) is 17.9 Å².